The molecule has 0 bridgehead atoms. The molecule has 0 saturated heterocycles. The van der Waals surface area contributed by atoms with Crippen LogP contribution < -0.4 is 0 Å². The highest BCUT2D eigenvalue weighted by molar-refractivity contribution is 7.79. The van der Waals surface area contributed by atoms with Gasteiger partial charge in [-0.2, -0.15) is 4.58 Å². The van der Waals surface area contributed by atoms with Crippen LogP contribution in [0.25, 0.3) is 0 Å². The molecule has 0 unspecified atom stereocenters. The highest BCUT2D eigenvalue weighted by atomic mass is 32.1. The van der Waals surface area contributed by atoms with Crippen LogP contribution in [0.5, 0.6) is 0 Å². The first-order chi connectivity index (χ1) is 7.18. The third-order valence-electron chi connectivity index (χ3n) is 2.45. The van der Waals surface area contributed by atoms with Crippen LogP contribution in [-0.4, -0.2) is 27.9 Å². The number of allylic oxidation sites excluding steroid dienone is 1. The zero-order valence-electron chi connectivity index (χ0n) is 8.84. The molecule has 3 heteroatoms. The van der Waals surface area contributed by atoms with E-state index in [4.69, 9.17) is 12.2 Å². The van der Waals surface area contributed by atoms with E-state index in [0.29, 0.717) is 0 Å². The summed E-state index contributed by atoms with van der Waals surface area (Å²) in [5.41, 5.74) is 2.31. The fourth-order valence-corrected chi connectivity index (χ4v) is 1.71. The number of benzene rings is 1. The van der Waals surface area contributed by atoms with Gasteiger partial charge in [-0.1, -0.05) is 30.3 Å². The van der Waals surface area contributed by atoms with Gasteiger partial charge >= 0.3 is 5.11 Å². The molecule has 1 aromatic carbocycles. The standard InChI is InChI=1S/C12H13N2S/c1-10-8-14(12(15)13(10)2)9-11-6-4-3-5-7-11/h3-9H,1-2H3/q+1/b14-9+. The molecule has 1 aliphatic heterocycles. The molecule has 0 amide bonds. The molecule has 0 spiro atoms. The smallest absolute Gasteiger partial charge is 0.220 e. The van der Waals surface area contributed by atoms with Gasteiger partial charge in [-0.25, -0.2) is 4.90 Å². The van der Waals surface area contributed by atoms with Crippen molar-refractivity contribution in [1.82, 2.24) is 4.90 Å². The Balaban J connectivity index is 2.34. The number of thiocarbonyl (C=S) groups is 1. The summed E-state index contributed by atoms with van der Waals surface area (Å²) in [6.07, 6.45) is 4.07. The van der Waals surface area contributed by atoms with Gasteiger partial charge in [0.15, 0.2) is 0 Å². The second-order valence-corrected chi connectivity index (χ2v) is 3.92. The lowest BCUT2D eigenvalue weighted by Crippen LogP contribution is -2.24. The third-order valence-corrected chi connectivity index (χ3v) is 2.94. The fourth-order valence-electron chi connectivity index (χ4n) is 1.46. The average molecular weight is 217 g/mol. The summed E-state index contributed by atoms with van der Waals surface area (Å²) in [7, 11) is 1.98. The minimum absolute atomic E-state index is 0.816. The van der Waals surface area contributed by atoms with E-state index in [2.05, 4.69) is 12.1 Å². The summed E-state index contributed by atoms with van der Waals surface area (Å²) in [6, 6.07) is 10.2. The van der Waals surface area contributed by atoms with Gasteiger partial charge < -0.3 is 0 Å². The van der Waals surface area contributed by atoms with Gasteiger partial charge in [0.1, 0.15) is 18.1 Å². The van der Waals surface area contributed by atoms with E-state index in [1.54, 1.807) is 0 Å². The van der Waals surface area contributed by atoms with Gasteiger partial charge in [0.25, 0.3) is 0 Å². The Kier molecular flexibility index (Phi) is 2.64. The summed E-state index contributed by atoms with van der Waals surface area (Å²) in [5, 5.41) is 0.816. The number of rotatable bonds is 1. The largest absolute Gasteiger partial charge is 0.355 e. The lowest BCUT2D eigenvalue weighted by Gasteiger charge is -2.01. The van der Waals surface area contributed by atoms with E-state index < -0.39 is 0 Å². The first-order valence-corrected chi connectivity index (χ1v) is 5.23. The SMILES string of the molecule is CC1=C/[N+](=C\c2ccccc2)C(=S)N1C. The van der Waals surface area contributed by atoms with Crippen molar-refractivity contribution in [3.8, 4) is 0 Å². The van der Waals surface area contributed by atoms with Crippen LogP contribution >= 0.6 is 12.2 Å². The summed E-state index contributed by atoms with van der Waals surface area (Å²) < 4.78 is 1.97. The van der Waals surface area contributed by atoms with E-state index >= 15 is 0 Å². The molecule has 76 valence electrons. The first-order valence-electron chi connectivity index (χ1n) is 4.83. The van der Waals surface area contributed by atoms with E-state index in [0.717, 1.165) is 16.4 Å². The minimum atomic E-state index is 0.816. The van der Waals surface area contributed by atoms with Crippen molar-refractivity contribution in [1.29, 1.82) is 0 Å². The van der Waals surface area contributed by atoms with Crippen molar-refractivity contribution >= 4 is 23.5 Å². The normalized spacial score (nSPS) is 18.5. The maximum atomic E-state index is 5.31. The number of nitrogens with zero attached hydrogens (tertiary/aromatic N) is 2. The molecule has 0 N–H and O–H groups in total. The van der Waals surface area contributed by atoms with E-state index in [1.807, 2.05) is 54.1 Å². The second kappa shape index (κ2) is 3.95. The molecule has 0 saturated carbocycles. The average Bonchev–Trinajstić information content (AvgIpc) is 2.48. The molecule has 15 heavy (non-hydrogen) atoms. The van der Waals surface area contributed by atoms with Gasteiger partial charge in [0, 0.05) is 24.7 Å². The van der Waals surface area contributed by atoms with E-state index in [-0.39, 0.29) is 0 Å². The lowest BCUT2D eigenvalue weighted by molar-refractivity contribution is -0.314. The maximum Gasteiger partial charge on any atom is 0.355 e. The molecule has 0 fully saturated rings. The third kappa shape index (κ3) is 1.97. The van der Waals surface area contributed by atoms with Gasteiger partial charge in [-0.05, 0) is 0 Å². The highest BCUT2D eigenvalue weighted by Gasteiger charge is 2.26. The monoisotopic (exact) mass is 217 g/mol. The molecular formula is C12H13N2S+. The number of hydrogen-bond acceptors (Lipinski definition) is 1. The van der Waals surface area contributed by atoms with Crippen LogP contribution in [0.1, 0.15) is 12.5 Å². The van der Waals surface area contributed by atoms with Crippen molar-refractivity contribution in [3.63, 3.8) is 0 Å². The zero-order valence-corrected chi connectivity index (χ0v) is 9.66. The van der Waals surface area contributed by atoms with Crippen LogP contribution in [0.3, 0.4) is 0 Å². The molecule has 2 rings (SSSR count). The molecule has 0 radical (unpaired) electrons. The Hall–Kier alpha value is -1.48. The summed E-state index contributed by atoms with van der Waals surface area (Å²) >= 11 is 5.31. The lowest BCUT2D eigenvalue weighted by atomic mass is 10.2. The molecule has 0 aliphatic carbocycles. The molecule has 1 aromatic rings. The van der Waals surface area contributed by atoms with Crippen molar-refractivity contribution in [2.75, 3.05) is 7.05 Å². The maximum absolute atomic E-state index is 5.31. The van der Waals surface area contributed by atoms with Crippen molar-refractivity contribution < 1.29 is 4.58 Å². The molecule has 1 heterocycles. The Morgan fingerprint density at radius 2 is 1.93 bits per heavy atom. The fraction of sp³-hybridized carbons (Fsp3) is 0.167. The van der Waals surface area contributed by atoms with Gasteiger partial charge in [-0.3, -0.25) is 0 Å². The summed E-state index contributed by atoms with van der Waals surface area (Å²) in [6.45, 7) is 2.05. The Labute approximate surface area is 95.1 Å². The molecular weight excluding hydrogens is 204 g/mol. The second-order valence-electron chi connectivity index (χ2n) is 3.56. The summed E-state index contributed by atoms with van der Waals surface area (Å²) in [5.74, 6) is 0. The first kappa shape index (κ1) is 10.1. The Morgan fingerprint density at radius 3 is 2.47 bits per heavy atom. The zero-order chi connectivity index (χ0) is 10.8. The molecule has 1 aliphatic rings. The van der Waals surface area contributed by atoms with Crippen molar-refractivity contribution in [2.45, 2.75) is 6.92 Å². The topological polar surface area (TPSA) is 6.25 Å². The predicted octanol–water partition coefficient (Wildman–Crippen LogP) is 2.21. The minimum Gasteiger partial charge on any atom is -0.220 e. The van der Waals surface area contributed by atoms with Gasteiger partial charge in [0.2, 0.25) is 0 Å². The molecule has 2 nitrogen and oxygen atoms in total. The molecule has 0 atom stereocenters. The van der Waals surface area contributed by atoms with Crippen molar-refractivity contribution in [2.24, 2.45) is 0 Å². The van der Waals surface area contributed by atoms with Gasteiger partial charge in [-0.15, -0.1) is 0 Å². The number of hydrogen-bond donors (Lipinski definition) is 0. The quantitative estimate of drug-likeness (QED) is 0.525. The van der Waals surface area contributed by atoms with Crippen LogP contribution in [-0.2, 0) is 0 Å². The van der Waals surface area contributed by atoms with Gasteiger partial charge in [0.05, 0.1) is 7.05 Å². The summed E-state index contributed by atoms with van der Waals surface area (Å²) in [4.78, 5) is 1.99. The highest BCUT2D eigenvalue weighted by Crippen LogP contribution is 2.11. The van der Waals surface area contributed by atoms with Crippen LogP contribution in [0.2, 0.25) is 0 Å². The predicted molar refractivity (Wildman–Crippen MR) is 66.0 cm³/mol. The van der Waals surface area contributed by atoms with Crippen LogP contribution in [0, 0.1) is 0 Å². The van der Waals surface area contributed by atoms with E-state index in [9.17, 15) is 0 Å². The van der Waals surface area contributed by atoms with Crippen LogP contribution in [0.15, 0.2) is 42.2 Å². The van der Waals surface area contributed by atoms with Crippen LogP contribution in [0.4, 0.5) is 0 Å². The Morgan fingerprint density at radius 1 is 1.27 bits per heavy atom. The molecule has 0 aromatic heterocycles. The van der Waals surface area contributed by atoms with Crippen molar-refractivity contribution in [3.05, 3.63) is 47.8 Å². The van der Waals surface area contributed by atoms with E-state index in [1.165, 1.54) is 0 Å². The Bertz CT molecular complexity index is 446.